The molecule has 0 bridgehead atoms. The third-order valence-corrected chi connectivity index (χ3v) is 7.97. The Hall–Kier alpha value is -3.78. The first-order chi connectivity index (χ1) is 18.7. The minimum Gasteiger partial charge on any atom is -0.453 e. The van der Waals surface area contributed by atoms with Gasteiger partial charge in [0.15, 0.2) is 0 Å². The number of hydrogen-bond donors (Lipinski definition) is 4. The molecule has 2 heterocycles. The number of benzene rings is 2. The molecule has 4 N–H and O–H groups in total. The molecule has 39 heavy (non-hydrogen) atoms. The van der Waals surface area contributed by atoms with Gasteiger partial charge in [-0.15, -0.1) is 22.7 Å². The van der Waals surface area contributed by atoms with Crippen LogP contribution >= 0.6 is 22.7 Å². The number of carbonyl (C=O) groups is 2. The maximum atomic E-state index is 13.5. The average Bonchev–Trinajstić information content (AvgIpc) is 3.61. The maximum Gasteiger partial charge on any atom is 0.407 e. The number of amides is 2. The maximum absolute atomic E-state index is 13.5. The van der Waals surface area contributed by atoms with Crippen molar-refractivity contribution in [3.8, 4) is 10.6 Å². The largest absolute Gasteiger partial charge is 0.453 e. The standard InChI is InChI=1S/C26H26N4O6S3/c1-36-26(32)29-20(14-17-6-3-2-4-7-17)24(31)27-21(25-28-22(16-38-25)23-8-5-13-37-23)15-18-9-11-19(12-10-18)30-39(33,34)35/h2-13,16,20-21,30H,14-15H2,1H3,(H,27,31)(H,29,32)(H,33,34,35). The van der Waals surface area contributed by atoms with Gasteiger partial charge in [-0.05, 0) is 41.1 Å². The van der Waals surface area contributed by atoms with E-state index in [9.17, 15) is 18.0 Å². The van der Waals surface area contributed by atoms with Gasteiger partial charge in [-0.2, -0.15) is 8.42 Å². The van der Waals surface area contributed by atoms with Crippen LogP contribution < -0.4 is 15.4 Å². The third kappa shape index (κ3) is 8.35. The number of aromatic nitrogens is 1. The molecule has 2 amide bonds. The molecule has 2 aromatic heterocycles. The van der Waals surface area contributed by atoms with E-state index in [1.807, 2.05) is 57.9 Å². The third-order valence-electron chi connectivity index (χ3n) is 5.63. The molecule has 204 valence electrons. The Morgan fingerprint density at radius 1 is 0.949 bits per heavy atom. The fourth-order valence-corrected chi connectivity index (χ4v) is 5.88. The highest BCUT2D eigenvalue weighted by Crippen LogP contribution is 2.30. The summed E-state index contributed by atoms with van der Waals surface area (Å²) in [6.45, 7) is 0. The predicted octanol–water partition coefficient (Wildman–Crippen LogP) is 4.45. The zero-order valence-corrected chi connectivity index (χ0v) is 23.2. The topological polar surface area (TPSA) is 147 Å². The lowest BCUT2D eigenvalue weighted by molar-refractivity contribution is -0.123. The van der Waals surface area contributed by atoms with Crippen molar-refractivity contribution in [3.05, 3.63) is 93.6 Å². The SMILES string of the molecule is COC(=O)NC(Cc1ccccc1)C(=O)NC(Cc1ccc(NS(=O)(=O)O)cc1)c1nc(-c2cccs2)cs1. The number of ether oxygens (including phenoxy) is 1. The van der Waals surface area contributed by atoms with Crippen molar-refractivity contribution in [2.24, 2.45) is 0 Å². The molecule has 13 heteroatoms. The number of nitrogens with zero attached hydrogens (tertiary/aromatic N) is 1. The number of nitrogens with one attached hydrogen (secondary N) is 3. The summed E-state index contributed by atoms with van der Waals surface area (Å²) in [5, 5.41) is 10.2. The highest BCUT2D eigenvalue weighted by molar-refractivity contribution is 7.87. The van der Waals surface area contributed by atoms with Gasteiger partial charge < -0.3 is 15.4 Å². The van der Waals surface area contributed by atoms with E-state index in [-0.39, 0.29) is 12.1 Å². The van der Waals surface area contributed by atoms with Gasteiger partial charge >= 0.3 is 16.4 Å². The highest BCUT2D eigenvalue weighted by Gasteiger charge is 2.26. The van der Waals surface area contributed by atoms with Gasteiger partial charge in [0.2, 0.25) is 5.91 Å². The number of rotatable bonds is 11. The van der Waals surface area contributed by atoms with Crippen LogP contribution in [-0.2, 0) is 32.7 Å². The van der Waals surface area contributed by atoms with Gasteiger partial charge in [0.25, 0.3) is 0 Å². The molecule has 10 nitrogen and oxygen atoms in total. The first kappa shape index (κ1) is 28.2. The molecular weight excluding hydrogens is 561 g/mol. The van der Waals surface area contributed by atoms with Crippen molar-refractivity contribution in [2.45, 2.75) is 24.9 Å². The zero-order chi connectivity index (χ0) is 27.8. The van der Waals surface area contributed by atoms with Crippen molar-refractivity contribution in [1.29, 1.82) is 0 Å². The van der Waals surface area contributed by atoms with E-state index in [2.05, 4.69) is 10.6 Å². The first-order valence-corrected chi connectivity index (χ1v) is 14.9. The summed E-state index contributed by atoms with van der Waals surface area (Å²) in [6, 6.07) is 18.2. The first-order valence-electron chi connectivity index (χ1n) is 11.7. The predicted molar refractivity (Wildman–Crippen MR) is 151 cm³/mol. The van der Waals surface area contributed by atoms with Gasteiger partial charge in [-0.25, -0.2) is 9.78 Å². The number of thiophene rings is 1. The summed E-state index contributed by atoms with van der Waals surface area (Å²) in [4.78, 5) is 31.3. The molecule has 4 aromatic rings. The molecule has 0 saturated carbocycles. The number of anilines is 1. The van der Waals surface area contributed by atoms with Crippen LogP contribution in [0.5, 0.6) is 0 Å². The summed E-state index contributed by atoms with van der Waals surface area (Å²) < 4.78 is 38.0. The molecule has 0 fully saturated rings. The smallest absolute Gasteiger partial charge is 0.407 e. The average molecular weight is 587 g/mol. The molecule has 0 aliphatic rings. The van der Waals surface area contributed by atoms with Gasteiger partial charge in [-0.1, -0.05) is 48.5 Å². The van der Waals surface area contributed by atoms with Crippen molar-refractivity contribution < 1.29 is 27.3 Å². The lowest BCUT2D eigenvalue weighted by Crippen LogP contribution is -2.49. The van der Waals surface area contributed by atoms with E-state index < -0.39 is 34.4 Å². The molecule has 0 saturated heterocycles. The van der Waals surface area contributed by atoms with Crippen LogP contribution in [-0.4, -0.2) is 43.1 Å². The van der Waals surface area contributed by atoms with Crippen molar-refractivity contribution in [3.63, 3.8) is 0 Å². The van der Waals surface area contributed by atoms with Crippen molar-refractivity contribution in [1.82, 2.24) is 15.6 Å². The summed E-state index contributed by atoms with van der Waals surface area (Å²) in [6.07, 6.45) is -0.132. The van der Waals surface area contributed by atoms with Gasteiger partial charge in [0.1, 0.15) is 11.0 Å². The quantitative estimate of drug-likeness (QED) is 0.190. The van der Waals surface area contributed by atoms with E-state index in [1.165, 1.54) is 30.6 Å². The van der Waals surface area contributed by atoms with Crippen molar-refractivity contribution >= 4 is 50.7 Å². The Kier molecular flexibility index (Phi) is 9.30. The highest BCUT2D eigenvalue weighted by atomic mass is 32.2. The minimum absolute atomic E-state index is 0.196. The fourth-order valence-electron chi connectivity index (χ4n) is 3.81. The molecule has 2 atom stereocenters. The number of hydrogen-bond acceptors (Lipinski definition) is 8. The Bertz CT molecular complexity index is 1490. The van der Waals surface area contributed by atoms with Crippen LogP contribution in [0.2, 0.25) is 0 Å². The van der Waals surface area contributed by atoms with E-state index in [0.29, 0.717) is 11.4 Å². The summed E-state index contributed by atoms with van der Waals surface area (Å²) in [7, 11) is -3.16. The van der Waals surface area contributed by atoms with E-state index in [0.717, 1.165) is 21.7 Å². The lowest BCUT2D eigenvalue weighted by atomic mass is 10.0. The molecule has 4 rings (SSSR count). The fraction of sp³-hybridized carbons (Fsp3) is 0.192. The van der Waals surface area contributed by atoms with Crippen LogP contribution in [0.15, 0.2) is 77.5 Å². The molecule has 2 aromatic carbocycles. The molecule has 0 aliphatic heterocycles. The van der Waals surface area contributed by atoms with Gasteiger partial charge in [0.05, 0.1) is 29.4 Å². The van der Waals surface area contributed by atoms with Crippen LogP contribution in [0.4, 0.5) is 10.5 Å². The van der Waals surface area contributed by atoms with Crippen molar-refractivity contribution in [2.75, 3.05) is 11.8 Å². The minimum atomic E-state index is -4.40. The summed E-state index contributed by atoms with van der Waals surface area (Å²) in [5.74, 6) is -0.410. The van der Waals surface area contributed by atoms with Crippen LogP contribution in [0.1, 0.15) is 22.2 Å². The van der Waals surface area contributed by atoms with Crippen LogP contribution in [0.3, 0.4) is 0 Å². The normalized spacial score (nSPS) is 12.8. The second kappa shape index (κ2) is 12.8. The van der Waals surface area contributed by atoms with Gasteiger partial charge in [0, 0.05) is 11.8 Å². The molecular formula is C26H26N4O6S3. The van der Waals surface area contributed by atoms with Crippen LogP contribution in [0, 0.1) is 0 Å². The monoisotopic (exact) mass is 586 g/mol. The second-order valence-electron chi connectivity index (χ2n) is 8.47. The Labute approximate surface area is 234 Å². The summed E-state index contributed by atoms with van der Waals surface area (Å²) >= 11 is 2.97. The number of alkyl carbamates (subject to hydrolysis) is 1. The molecule has 2 unspecified atom stereocenters. The Morgan fingerprint density at radius 3 is 2.31 bits per heavy atom. The molecule has 0 radical (unpaired) electrons. The number of methoxy groups -OCH3 is 1. The van der Waals surface area contributed by atoms with Gasteiger partial charge in [-0.3, -0.25) is 14.1 Å². The van der Waals surface area contributed by atoms with E-state index in [4.69, 9.17) is 14.3 Å². The number of carbonyl (C=O) groups excluding carboxylic acids is 2. The van der Waals surface area contributed by atoms with Crippen LogP contribution in [0.25, 0.3) is 10.6 Å². The number of thiazole rings is 1. The molecule has 0 spiro atoms. The Morgan fingerprint density at radius 2 is 1.67 bits per heavy atom. The lowest BCUT2D eigenvalue weighted by Gasteiger charge is -2.22. The zero-order valence-electron chi connectivity index (χ0n) is 20.7. The Balaban J connectivity index is 1.59. The molecule has 0 aliphatic carbocycles. The van der Waals surface area contributed by atoms with E-state index in [1.54, 1.807) is 23.5 Å². The second-order valence-corrected chi connectivity index (χ2v) is 11.5. The summed E-state index contributed by atoms with van der Waals surface area (Å²) in [5.41, 5.74) is 2.64. The van der Waals surface area contributed by atoms with E-state index >= 15 is 0 Å².